The molecule has 5 rings (SSSR count). The van der Waals surface area contributed by atoms with Gasteiger partial charge in [-0.3, -0.25) is 9.69 Å². The van der Waals surface area contributed by atoms with Crippen molar-refractivity contribution in [3.8, 4) is 16.9 Å². The number of anilines is 1. The van der Waals surface area contributed by atoms with Crippen LogP contribution in [0.4, 0.5) is 5.82 Å². The minimum atomic E-state index is -0.568. The lowest BCUT2D eigenvalue weighted by atomic mass is 10.1. The summed E-state index contributed by atoms with van der Waals surface area (Å²) in [6.45, 7) is 5.62. The van der Waals surface area contributed by atoms with Gasteiger partial charge in [0, 0.05) is 45.8 Å². The average molecular weight is 608 g/mol. The lowest BCUT2D eigenvalue weighted by molar-refractivity contribution is 0.0527. The predicted molar refractivity (Wildman–Crippen MR) is 153 cm³/mol. The summed E-state index contributed by atoms with van der Waals surface area (Å²) in [5.74, 6) is -0.702. The van der Waals surface area contributed by atoms with Crippen molar-refractivity contribution in [3.63, 3.8) is 0 Å². The molecule has 5 aromatic rings. The fourth-order valence-electron chi connectivity index (χ4n) is 4.15. The molecule has 0 spiro atoms. The van der Waals surface area contributed by atoms with Crippen LogP contribution in [0.25, 0.3) is 22.6 Å². The van der Waals surface area contributed by atoms with E-state index in [9.17, 15) is 9.59 Å². The fourth-order valence-corrected chi connectivity index (χ4v) is 5.00. The van der Waals surface area contributed by atoms with Crippen LogP contribution in [0.2, 0.25) is 5.02 Å². The summed E-state index contributed by atoms with van der Waals surface area (Å²) in [5, 5.41) is 9.75. The lowest BCUT2D eigenvalue weighted by Crippen LogP contribution is -2.38. The molecule has 0 aliphatic carbocycles. The van der Waals surface area contributed by atoms with Gasteiger partial charge in [0.1, 0.15) is 5.56 Å². The Morgan fingerprint density at radius 2 is 1.85 bits per heavy atom. The normalized spacial score (nSPS) is 11.2. The van der Waals surface area contributed by atoms with Gasteiger partial charge in [0.05, 0.1) is 23.6 Å². The number of carbonyl (C=O) groups is 2. The summed E-state index contributed by atoms with van der Waals surface area (Å²) in [6.07, 6.45) is 5.14. The topological polar surface area (TPSA) is 94.6 Å². The molecule has 2 aromatic carbocycles. The number of nitrogens with zero attached hydrogens (tertiary/aromatic N) is 6. The van der Waals surface area contributed by atoms with Gasteiger partial charge in [0.25, 0.3) is 5.91 Å². The van der Waals surface area contributed by atoms with Crippen LogP contribution < -0.4 is 4.90 Å². The molecule has 0 radical (unpaired) electrons. The Labute approximate surface area is 238 Å². The first kappa shape index (κ1) is 26.6. The molecule has 1 amide bonds. The number of aromatic nitrogens is 5. The molecule has 11 heteroatoms. The number of fused-ring (bicyclic) bond motifs is 1. The zero-order valence-corrected chi connectivity index (χ0v) is 23.7. The van der Waals surface area contributed by atoms with Gasteiger partial charge in [-0.05, 0) is 73.1 Å². The highest BCUT2D eigenvalue weighted by Crippen LogP contribution is 2.30. The quantitative estimate of drug-likeness (QED) is 0.204. The van der Waals surface area contributed by atoms with Gasteiger partial charge in [-0.2, -0.15) is 5.10 Å². The number of halogens is 2. The lowest BCUT2D eigenvalue weighted by Gasteiger charge is -2.26. The Bertz CT molecular complexity index is 1650. The largest absolute Gasteiger partial charge is 0.462 e. The summed E-state index contributed by atoms with van der Waals surface area (Å²) in [6, 6.07) is 15.9. The molecule has 0 aliphatic heterocycles. The van der Waals surface area contributed by atoms with Crippen molar-refractivity contribution in [2.75, 3.05) is 11.5 Å². The second-order valence-electron chi connectivity index (χ2n) is 8.92. The van der Waals surface area contributed by atoms with Gasteiger partial charge in [-0.15, -0.1) is 5.10 Å². The second kappa shape index (κ2) is 11.0. The predicted octanol–water partition coefficient (Wildman–Crippen LogP) is 6.23. The zero-order chi connectivity index (χ0) is 27.7. The highest BCUT2D eigenvalue weighted by atomic mass is 79.9. The Morgan fingerprint density at radius 3 is 2.51 bits per heavy atom. The molecule has 0 aliphatic rings. The molecule has 198 valence electrons. The van der Waals surface area contributed by atoms with E-state index in [0.717, 1.165) is 16.9 Å². The van der Waals surface area contributed by atoms with Crippen molar-refractivity contribution in [3.05, 3.63) is 93.8 Å². The van der Waals surface area contributed by atoms with Gasteiger partial charge in [0.15, 0.2) is 11.5 Å². The number of hydrogen-bond donors (Lipinski definition) is 0. The maximum Gasteiger partial charge on any atom is 0.343 e. The molecule has 3 heterocycles. The van der Waals surface area contributed by atoms with Gasteiger partial charge in [-0.25, -0.2) is 19.0 Å². The van der Waals surface area contributed by atoms with Crippen LogP contribution in [-0.4, -0.2) is 48.9 Å². The van der Waals surface area contributed by atoms with Gasteiger partial charge in [0.2, 0.25) is 0 Å². The SMILES string of the molecule is CCOC(=O)c1cn(-c2ccc(-c3cc4ncccn4n3)cc2)nc1N(C(=O)c1ccc(Cl)cc1Br)C(C)C. The van der Waals surface area contributed by atoms with Crippen molar-refractivity contribution in [1.82, 2.24) is 24.4 Å². The molecule has 39 heavy (non-hydrogen) atoms. The molecule has 0 atom stereocenters. The van der Waals surface area contributed by atoms with E-state index in [2.05, 4.69) is 31.1 Å². The molecule has 0 saturated heterocycles. The van der Waals surface area contributed by atoms with Crippen molar-refractivity contribution in [2.45, 2.75) is 26.8 Å². The van der Waals surface area contributed by atoms with E-state index in [0.29, 0.717) is 20.7 Å². The number of amides is 1. The third kappa shape index (κ3) is 5.30. The third-order valence-corrected chi connectivity index (χ3v) is 6.87. The number of esters is 1. The number of carbonyl (C=O) groups excluding carboxylic acids is 2. The van der Waals surface area contributed by atoms with Crippen LogP contribution in [0.3, 0.4) is 0 Å². The monoisotopic (exact) mass is 606 g/mol. The first-order valence-electron chi connectivity index (χ1n) is 12.2. The van der Waals surface area contributed by atoms with Crippen LogP contribution >= 0.6 is 27.5 Å². The Balaban J connectivity index is 1.54. The molecular formula is C28H24BrClN6O3. The molecule has 3 aromatic heterocycles. The van der Waals surface area contributed by atoms with Crippen LogP contribution in [-0.2, 0) is 4.74 Å². The van der Waals surface area contributed by atoms with E-state index in [1.165, 1.54) is 4.90 Å². The molecule has 0 unspecified atom stereocenters. The Hall–Kier alpha value is -4.02. The highest BCUT2D eigenvalue weighted by Gasteiger charge is 2.30. The van der Waals surface area contributed by atoms with Gasteiger partial charge < -0.3 is 4.74 Å². The summed E-state index contributed by atoms with van der Waals surface area (Å²) in [5.41, 5.74) is 3.69. The summed E-state index contributed by atoms with van der Waals surface area (Å²) in [4.78, 5) is 32.5. The highest BCUT2D eigenvalue weighted by molar-refractivity contribution is 9.10. The van der Waals surface area contributed by atoms with Crippen LogP contribution in [0.5, 0.6) is 0 Å². The molecule has 0 fully saturated rings. The maximum atomic E-state index is 13.7. The number of ether oxygens (including phenoxy) is 1. The first-order chi connectivity index (χ1) is 18.8. The van der Waals surface area contributed by atoms with Crippen molar-refractivity contribution in [1.29, 1.82) is 0 Å². The minimum absolute atomic E-state index is 0.180. The molecule has 0 saturated carbocycles. The summed E-state index contributed by atoms with van der Waals surface area (Å²) >= 11 is 9.51. The van der Waals surface area contributed by atoms with E-state index >= 15 is 0 Å². The first-order valence-corrected chi connectivity index (χ1v) is 13.4. The van der Waals surface area contributed by atoms with Crippen LogP contribution in [0.1, 0.15) is 41.5 Å². The number of rotatable bonds is 7. The van der Waals surface area contributed by atoms with E-state index in [1.54, 1.807) is 46.7 Å². The number of hydrogen-bond acceptors (Lipinski definition) is 6. The summed E-state index contributed by atoms with van der Waals surface area (Å²) < 4.78 is 9.13. The van der Waals surface area contributed by atoms with E-state index in [4.69, 9.17) is 16.3 Å². The van der Waals surface area contributed by atoms with E-state index in [-0.39, 0.29) is 29.9 Å². The van der Waals surface area contributed by atoms with E-state index < -0.39 is 5.97 Å². The molecule has 9 nitrogen and oxygen atoms in total. The molecular weight excluding hydrogens is 584 g/mol. The van der Waals surface area contributed by atoms with Crippen LogP contribution in [0.15, 0.2) is 77.7 Å². The van der Waals surface area contributed by atoms with Gasteiger partial charge >= 0.3 is 5.97 Å². The van der Waals surface area contributed by atoms with Crippen molar-refractivity contribution >= 4 is 50.9 Å². The van der Waals surface area contributed by atoms with Gasteiger partial charge in [-0.1, -0.05) is 23.7 Å². The van der Waals surface area contributed by atoms with Crippen molar-refractivity contribution < 1.29 is 14.3 Å². The third-order valence-electron chi connectivity index (χ3n) is 5.98. The maximum absolute atomic E-state index is 13.7. The van der Waals surface area contributed by atoms with E-state index in [1.807, 2.05) is 56.4 Å². The second-order valence-corrected chi connectivity index (χ2v) is 10.2. The average Bonchev–Trinajstić information content (AvgIpc) is 3.54. The fraction of sp³-hybridized carbons (Fsp3) is 0.179. The smallest absolute Gasteiger partial charge is 0.343 e. The number of benzene rings is 2. The molecule has 0 N–H and O–H groups in total. The molecule has 0 bridgehead atoms. The Kier molecular flexibility index (Phi) is 7.49. The van der Waals surface area contributed by atoms with Crippen molar-refractivity contribution in [2.24, 2.45) is 0 Å². The van der Waals surface area contributed by atoms with Crippen LogP contribution in [0, 0.1) is 0 Å². The summed E-state index contributed by atoms with van der Waals surface area (Å²) in [7, 11) is 0. The Morgan fingerprint density at radius 1 is 1.08 bits per heavy atom. The zero-order valence-electron chi connectivity index (χ0n) is 21.4. The standard InChI is InChI=1S/C28H24BrClN6O3/c1-4-39-28(38)22-16-35(20-9-6-18(7-10-20)24-15-25-31-12-5-13-34(25)32-24)33-26(22)36(17(2)3)27(37)21-11-8-19(30)14-23(21)29/h5-17H,4H2,1-3H3. The minimum Gasteiger partial charge on any atom is -0.462 e.